The highest BCUT2D eigenvalue weighted by Gasteiger charge is 2.25. The van der Waals surface area contributed by atoms with E-state index in [1.807, 2.05) is 0 Å². The second-order valence-electron chi connectivity index (χ2n) is 5.15. The fourth-order valence-electron chi connectivity index (χ4n) is 2.84. The number of allylic oxidation sites excluding steroid dienone is 2. The topological polar surface area (TPSA) is 46.3 Å². The SMILES string of the molecule is NC(=O)[C@H]1CCCN(C[C@H]2CC=CCC2)C1. The van der Waals surface area contributed by atoms with E-state index in [1.54, 1.807) is 0 Å². The minimum Gasteiger partial charge on any atom is -0.369 e. The molecule has 0 unspecified atom stereocenters. The average Bonchev–Trinajstić information content (AvgIpc) is 2.30. The Bertz CT molecular complexity index is 275. The highest BCUT2D eigenvalue weighted by Crippen LogP contribution is 2.22. The van der Waals surface area contributed by atoms with Gasteiger partial charge in [-0.1, -0.05) is 12.2 Å². The molecule has 2 aliphatic rings. The van der Waals surface area contributed by atoms with Crippen molar-refractivity contribution in [3.8, 4) is 0 Å². The third kappa shape index (κ3) is 3.08. The Morgan fingerprint density at radius 2 is 2.25 bits per heavy atom. The van der Waals surface area contributed by atoms with E-state index in [2.05, 4.69) is 17.1 Å². The monoisotopic (exact) mass is 222 g/mol. The number of carbonyl (C=O) groups is 1. The molecule has 16 heavy (non-hydrogen) atoms. The van der Waals surface area contributed by atoms with Gasteiger partial charge in [-0.25, -0.2) is 0 Å². The van der Waals surface area contributed by atoms with Gasteiger partial charge in [0, 0.05) is 13.1 Å². The molecule has 0 aromatic rings. The van der Waals surface area contributed by atoms with Crippen LogP contribution in [-0.2, 0) is 4.79 Å². The predicted molar refractivity (Wildman–Crippen MR) is 64.8 cm³/mol. The number of hydrogen-bond donors (Lipinski definition) is 1. The number of amides is 1. The molecule has 2 N–H and O–H groups in total. The van der Waals surface area contributed by atoms with Gasteiger partial charge in [-0.3, -0.25) is 4.79 Å². The van der Waals surface area contributed by atoms with Crippen LogP contribution < -0.4 is 5.73 Å². The minimum atomic E-state index is -0.117. The van der Waals surface area contributed by atoms with Crippen LogP contribution in [0.3, 0.4) is 0 Å². The molecule has 1 amide bonds. The summed E-state index contributed by atoms with van der Waals surface area (Å²) in [5, 5.41) is 0. The lowest BCUT2D eigenvalue weighted by molar-refractivity contribution is -0.123. The fraction of sp³-hybridized carbons (Fsp3) is 0.769. The van der Waals surface area contributed by atoms with E-state index in [0.29, 0.717) is 0 Å². The zero-order valence-electron chi connectivity index (χ0n) is 9.90. The van der Waals surface area contributed by atoms with Gasteiger partial charge in [0.2, 0.25) is 5.91 Å². The van der Waals surface area contributed by atoms with Crippen LogP contribution in [0.2, 0.25) is 0 Å². The first kappa shape index (κ1) is 11.6. The summed E-state index contributed by atoms with van der Waals surface area (Å²) in [6, 6.07) is 0. The summed E-state index contributed by atoms with van der Waals surface area (Å²) in [6.07, 6.45) is 10.4. The van der Waals surface area contributed by atoms with Gasteiger partial charge in [-0.2, -0.15) is 0 Å². The molecule has 3 heteroatoms. The van der Waals surface area contributed by atoms with Gasteiger partial charge in [-0.15, -0.1) is 0 Å². The molecule has 0 aromatic carbocycles. The Balaban J connectivity index is 1.80. The number of nitrogens with zero attached hydrogens (tertiary/aromatic N) is 1. The standard InChI is InChI=1S/C13H22N2O/c14-13(16)12-7-4-8-15(10-12)9-11-5-2-1-3-6-11/h1-2,11-12H,3-10H2,(H2,14,16)/t11-,12-/m0/s1. The maximum atomic E-state index is 11.2. The molecule has 2 rings (SSSR count). The van der Waals surface area contributed by atoms with Gasteiger partial charge in [-0.05, 0) is 44.6 Å². The third-order valence-corrected chi connectivity index (χ3v) is 3.80. The molecule has 2 atom stereocenters. The second-order valence-corrected chi connectivity index (χ2v) is 5.15. The van der Waals surface area contributed by atoms with Crippen molar-refractivity contribution in [3.63, 3.8) is 0 Å². The smallest absolute Gasteiger partial charge is 0.221 e. The molecule has 0 spiro atoms. The first-order valence-electron chi connectivity index (χ1n) is 6.42. The number of primary amides is 1. The third-order valence-electron chi connectivity index (χ3n) is 3.80. The molecule has 0 aromatic heterocycles. The van der Waals surface area contributed by atoms with Crippen LogP contribution in [0.15, 0.2) is 12.2 Å². The largest absolute Gasteiger partial charge is 0.369 e. The normalized spacial score (nSPS) is 31.5. The average molecular weight is 222 g/mol. The molecule has 1 heterocycles. The highest BCUT2D eigenvalue weighted by atomic mass is 16.1. The van der Waals surface area contributed by atoms with Crippen LogP contribution in [0.25, 0.3) is 0 Å². The molecule has 0 radical (unpaired) electrons. The fourth-order valence-corrected chi connectivity index (χ4v) is 2.84. The maximum Gasteiger partial charge on any atom is 0.221 e. The molecule has 0 saturated carbocycles. The Morgan fingerprint density at radius 1 is 1.38 bits per heavy atom. The summed E-state index contributed by atoms with van der Waals surface area (Å²) >= 11 is 0. The van der Waals surface area contributed by atoms with Gasteiger partial charge in [0.25, 0.3) is 0 Å². The van der Waals surface area contributed by atoms with E-state index < -0.39 is 0 Å². The van der Waals surface area contributed by atoms with E-state index in [-0.39, 0.29) is 11.8 Å². The molecular formula is C13H22N2O. The number of hydrogen-bond acceptors (Lipinski definition) is 2. The summed E-state index contributed by atoms with van der Waals surface area (Å²) < 4.78 is 0. The number of likely N-dealkylation sites (tertiary alicyclic amines) is 1. The molecule has 0 bridgehead atoms. The number of piperidine rings is 1. The van der Waals surface area contributed by atoms with Crippen molar-refractivity contribution in [2.45, 2.75) is 32.1 Å². The molecule has 1 saturated heterocycles. The van der Waals surface area contributed by atoms with Gasteiger partial charge in [0.1, 0.15) is 0 Å². The van der Waals surface area contributed by atoms with Crippen LogP contribution in [-0.4, -0.2) is 30.4 Å². The maximum absolute atomic E-state index is 11.2. The Kier molecular flexibility index (Phi) is 3.99. The van der Waals surface area contributed by atoms with Gasteiger partial charge >= 0.3 is 0 Å². The second kappa shape index (κ2) is 5.48. The summed E-state index contributed by atoms with van der Waals surface area (Å²) in [5.41, 5.74) is 5.39. The van der Waals surface area contributed by atoms with Crippen molar-refractivity contribution < 1.29 is 4.79 Å². The van der Waals surface area contributed by atoms with Crippen LogP contribution in [0, 0.1) is 11.8 Å². The molecule has 3 nitrogen and oxygen atoms in total. The summed E-state index contributed by atoms with van der Waals surface area (Å²) in [4.78, 5) is 13.6. The molecule has 1 aliphatic heterocycles. The Hall–Kier alpha value is -0.830. The number of rotatable bonds is 3. The van der Waals surface area contributed by atoms with E-state index in [9.17, 15) is 4.79 Å². The van der Waals surface area contributed by atoms with Crippen molar-refractivity contribution in [1.82, 2.24) is 4.90 Å². The zero-order valence-corrected chi connectivity index (χ0v) is 9.90. The van der Waals surface area contributed by atoms with Gasteiger partial charge in [0.05, 0.1) is 5.92 Å². The summed E-state index contributed by atoms with van der Waals surface area (Å²) in [5.74, 6) is 0.762. The lowest BCUT2D eigenvalue weighted by Crippen LogP contribution is -2.43. The summed E-state index contributed by atoms with van der Waals surface area (Å²) in [7, 11) is 0. The van der Waals surface area contributed by atoms with Gasteiger partial charge < -0.3 is 10.6 Å². The Morgan fingerprint density at radius 3 is 2.94 bits per heavy atom. The molecular weight excluding hydrogens is 200 g/mol. The van der Waals surface area contributed by atoms with Crippen molar-refractivity contribution in [3.05, 3.63) is 12.2 Å². The van der Waals surface area contributed by atoms with Crippen molar-refractivity contribution in [1.29, 1.82) is 0 Å². The van der Waals surface area contributed by atoms with Crippen molar-refractivity contribution in [2.75, 3.05) is 19.6 Å². The highest BCUT2D eigenvalue weighted by molar-refractivity contribution is 5.76. The van der Waals surface area contributed by atoms with Crippen LogP contribution in [0.4, 0.5) is 0 Å². The lowest BCUT2D eigenvalue weighted by Gasteiger charge is -2.34. The zero-order chi connectivity index (χ0) is 11.4. The van der Waals surface area contributed by atoms with E-state index >= 15 is 0 Å². The first-order chi connectivity index (χ1) is 7.75. The molecule has 1 fully saturated rings. The lowest BCUT2D eigenvalue weighted by atomic mass is 9.91. The molecule has 1 aliphatic carbocycles. The van der Waals surface area contributed by atoms with E-state index in [0.717, 1.165) is 38.4 Å². The van der Waals surface area contributed by atoms with Crippen LogP contribution >= 0.6 is 0 Å². The quantitative estimate of drug-likeness (QED) is 0.736. The van der Waals surface area contributed by atoms with Crippen molar-refractivity contribution >= 4 is 5.91 Å². The summed E-state index contributed by atoms with van der Waals surface area (Å²) in [6.45, 7) is 3.17. The molecule has 90 valence electrons. The van der Waals surface area contributed by atoms with Crippen molar-refractivity contribution in [2.24, 2.45) is 17.6 Å². The van der Waals surface area contributed by atoms with E-state index in [4.69, 9.17) is 5.73 Å². The predicted octanol–water partition coefficient (Wildman–Crippen LogP) is 1.54. The first-order valence-corrected chi connectivity index (χ1v) is 6.42. The number of nitrogens with two attached hydrogens (primary N) is 1. The van der Waals surface area contributed by atoms with Gasteiger partial charge in [0.15, 0.2) is 0 Å². The van der Waals surface area contributed by atoms with E-state index in [1.165, 1.54) is 19.3 Å². The van der Waals surface area contributed by atoms with Crippen LogP contribution in [0.1, 0.15) is 32.1 Å². The number of carbonyl (C=O) groups excluding carboxylic acids is 1. The van der Waals surface area contributed by atoms with Crippen LogP contribution in [0.5, 0.6) is 0 Å². The Labute approximate surface area is 97.7 Å². The minimum absolute atomic E-state index is 0.0906.